The highest BCUT2D eigenvalue weighted by Crippen LogP contribution is 2.33. The number of ether oxygens (including phenoxy) is 1. The van der Waals surface area contributed by atoms with E-state index < -0.39 is 0 Å². The van der Waals surface area contributed by atoms with Crippen molar-refractivity contribution >= 4 is 29.9 Å². The van der Waals surface area contributed by atoms with Crippen molar-refractivity contribution in [2.24, 2.45) is 10.9 Å². The van der Waals surface area contributed by atoms with Crippen LogP contribution in [0.25, 0.3) is 0 Å². The number of hydrogen-bond donors (Lipinski definition) is 2. The molecule has 2 aliphatic rings. The maximum absolute atomic E-state index is 5.11. The standard InChI is InChI=1S/C16H28N6O.HI/c1-17-16(18-9-3-4-12-5-6-12)19-13-7-8-15-20-14(11-23-2)21-22(15)10-13;/h12-13H,3-11H2,1-2H3,(H2,17,18,19);1H. The van der Waals surface area contributed by atoms with Crippen molar-refractivity contribution in [1.29, 1.82) is 0 Å². The third-order valence-electron chi connectivity index (χ3n) is 4.52. The van der Waals surface area contributed by atoms with Crippen LogP contribution < -0.4 is 10.6 Å². The topological polar surface area (TPSA) is 76.4 Å². The number of aryl methyl sites for hydroxylation is 1. The van der Waals surface area contributed by atoms with Gasteiger partial charge in [-0.05, 0) is 25.2 Å². The van der Waals surface area contributed by atoms with Gasteiger partial charge >= 0.3 is 0 Å². The Kier molecular flexibility index (Phi) is 7.73. The third-order valence-corrected chi connectivity index (χ3v) is 4.52. The lowest BCUT2D eigenvalue weighted by Gasteiger charge is -2.25. The molecule has 24 heavy (non-hydrogen) atoms. The van der Waals surface area contributed by atoms with Crippen molar-refractivity contribution in [1.82, 2.24) is 25.4 Å². The summed E-state index contributed by atoms with van der Waals surface area (Å²) in [5.41, 5.74) is 0. The molecular formula is C16H29IN6O. The van der Waals surface area contributed by atoms with Gasteiger partial charge in [-0.3, -0.25) is 4.99 Å². The first-order valence-corrected chi connectivity index (χ1v) is 8.67. The van der Waals surface area contributed by atoms with E-state index in [0.717, 1.165) is 49.5 Å². The van der Waals surface area contributed by atoms with Crippen LogP contribution in [-0.2, 0) is 24.3 Å². The summed E-state index contributed by atoms with van der Waals surface area (Å²) in [5, 5.41) is 11.4. The highest BCUT2D eigenvalue weighted by atomic mass is 127. The number of nitrogens with zero attached hydrogens (tertiary/aromatic N) is 4. The molecule has 8 heteroatoms. The van der Waals surface area contributed by atoms with Gasteiger partial charge in [-0.25, -0.2) is 9.67 Å². The second-order valence-electron chi connectivity index (χ2n) is 6.52. The number of nitrogens with one attached hydrogen (secondary N) is 2. The molecule has 7 nitrogen and oxygen atoms in total. The molecule has 0 radical (unpaired) electrons. The van der Waals surface area contributed by atoms with Gasteiger partial charge in [-0.15, -0.1) is 24.0 Å². The van der Waals surface area contributed by atoms with Crippen LogP contribution >= 0.6 is 24.0 Å². The number of methoxy groups -OCH3 is 1. The molecule has 1 atom stereocenters. The Morgan fingerprint density at radius 2 is 2.21 bits per heavy atom. The van der Waals surface area contributed by atoms with E-state index in [-0.39, 0.29) is 24.0 Å². The zero-order chi connectivity index (χ0) is 16.1. The van der Waals surface area contributed by atoms with Gasteiger partial charge in [-0.1, -0.05) is 12.8 Å². The molecule has 136 valence electrons. The average Bonchev–Trinajstić information content (AvgIpc) is 3.29. The molecule has 2 heterocycles. The van der Waals surface area contributed by atoms with E-state index in [1.165, 1.54) is 25.7 Å². The molecule has 3 rings (SSSR count). The van der Waals surface area contributed by atoms with Crippen molar-refractivity contribution in [3.05, 3.63) is 11.6 Å². The van der Waals surface area contributed by atoms with Gasteiger partial charge in [0, 0.05) is 33.2 Å². The number of guanidine groups is 1. The van der Waals surface area contributed by atoms with Crippen LogP contribution in [0, 0.1) is 5.92 Å². The molecule has 1 saturated carbocycles. The molecule has 0 spiro atoms. The van der Waals surface area contributed by atoms with Gasteiger partial charge in [-0.2, -0.15) is 5.10 Å². The molecule has 1 aliphatic heterocycles. The second kappa shape index (κ2) is 9.55. The van der Waals surface area contributed by atoms with E-state index in [9.17, 15) is 0 Å². The van der Waals surface area contributed by atoms with Crippen molar-refractivity contribution in [3.8, 4) is 0 Å². The lowest BCUT2D eigenvalue weighted by Crippen LogP contribution is -2.47. The summed E-state index contributed by atoms with van der Waals surface area (Å²) in [6, 6.07) is 0.342. The van der Waals surface area contributed by atoms with Gasteiger partial charge < -0.3 is 15.4 Å². The molecular weight excluding hydrogens is 419 g/mol. The van der Waals surface area contributed by atoms with Crippen LogP contribution in [0.1, 0.15) is 43.8 Å². The maximum atomic E-state index is 5.11. The summed E-state index contributed by atoms with van der Waals surface area (Å²) in [7, 11) is 3.50. The fraction of sp³-hybridized carbons (Fsp3) is 0.812. The fourth-order valence-corrected chi connectivity index (χ4v) is 3.06. The van der Waals surface area contributed by atoms with Gasteiger partial charge in [0.1, 0.15) is 12.4 Å². The Bertz CT molecular complexity index is 543. The largest absolute Gasteiger partial charge is 0.377 e. The predicted octanol–water partition coefficient (Wildman–Crippen LogP) is 1.71. The van der Waals surface area contributed by atoms with Crippen molar-refractivity contribution in [2.45, 2.75) is 57.7 Å². The summed E-state index contributed by atoms with van der Waals surface area (Å²) in [6.45, 7) is 2.30. The summed E-state index contributed by atoms with van der Waals surface area (Å²) in [4.78, 5) is 8.84. The van der Waals surface area contributed by atoms with Crippen molar-refractivity contribution in [2.75, 3.05) is 20.7 Å². The van der Waals surface area contributed by atoms with E-state index in [0.29, 0.717) is 12.6 Å². The quantitative estimate of drug-likeness (QED) is 0.288. The average molecular weight is 448 g/mol. The minimum Gasteiger partial charge on any atom is -0.377 e. The van der Waals surface area contributed by atoms with E-state index >= 15 is 0 Å². The molecule has 2 N–H and O–H groups in total. The molecule has 1 aromatic rings. The Balaban J connectivity index is 0.00000208. The number of hydrogen-bond acceptors (Lipinski definition) is 4. The summed E-state index contributed by atoms with van der Waals surface area (Å²) in [5.74, 6) is 3.72. The lowest BCUT2D eigenvalue weighted by molar-refractivity contribution is 0.177. The molecule has 1 aliphatic carbocycles. The Hall–Kier alpha value is -0.900. The molecule has 1 aromatic heterocycles. The number of rotatable bonds is 7. The first-order chi connectivity index (χ1) is 11.3. The van der Waals surface area contributed by atoms with E-state index in [1.807, 2.05) is 11.7 Å². The van der Waals surface area contributed by atoms with Gasteiger partial charge in [0.15, 0.2) is 11.8 Å². The Labute approximate surface area is 161 Å². The monoisotopic (exact) mass is 448 g/mol. The predicted molar refractivity (Wildman–Crippen MR) is 105 cm³/mol. The number of fused-ring (bicyclic) bond motifs is 1. The van der Waals surface area contributed by atoms with Crippen LogP contribution in [0.5, 0.6) is 0 Å². The first kappa shape index (κ1) is 19.4. The van der Waals surface area contributed by atoms with Crippen LogP contribution in [0.4, 0.5) is 0 Å². The highest BCUT2D eigenvalue weighted by molar-refractivity contribution is 14.0. The molecule has 1 fully saturated rings. The first-order valence-electron chi connectivity index (χ1n) is 8.67. The van der Waals surface area contributed by atoms with Crippen LogP contribution in [-0.4, -0.2) is 47.5 Å². The van der Waals surface area contributed by atoms with Crippen LogP contribution in [0.2, 0.25) is 0 Å². The van der Waals surface area contributed by atoms with Crippen molar-refractivity contribution < 1.29 is 4.74 Å². The number of aliphatic imine (C=N–C) groups is 1. The molecule has 0 aromatic carbocycles. The summed E-state index contributed by atoms with van der Waals surface area (Å²) < 4.78 is 7.10. The summed E-state index contributed by atoms with van der Waals surface area (Å²) in [6.07, 6.45) is 7.42. The van der Waals surface area contributed by atoms with Crippen molar-refractivity contribution in [3.63, 3.8) is 0 Å². The maximum Gasteiger partial charge on any atom is 0.191 e. The van der Waals surface area contributed by atoms with Crippen LogP contribution in [0.15, 0.2) is 4.99 Å². The number of aromatic nitrogens is 3. The highest BCUT2D eigenvalue weighted by Gasteiger charge is 2.23. The van der Waals surface area contributed by atoms with Gasteiger partial charge in [0.05, 0.1) is 6.54 Å². The molecule has 0 saturated heterocycles. The van der Waals surface area contributed by atoms with Gasteiger partial charge in [0.25, 0.3) is 0 Å². The lowest BCUT2D eigenvalue weighted by atomic mass is 10.1. The smallest absolute Gasteiger partial charge is 0.191 e. The third kappa shape index (κ3) is 5.58. The zero-order valence-electron chi connectivity index (χ0n) is 14.6. The normalized spacial score (nSPS) is 20.2. The summed E-state index contributed by atoms with van der Waals surface area (Å²) >= 11 is 0. The Morgan fingerprint density at radius 1 is 1.38 bits per heavy atom. The van der Waals surface area contributed by atoms with E-state index in [1.54, 1.807) is 7.11 Å². The molecule has 0 amide bonds. The van der Waals surface area contributed by atoms with Crippen LogP contribution in [0.3, 0.4) is 0 Å². The SMILES string of the molecule is CN=C(NCCCC1CC1)NC1CCc2nc(COC)nn2C1.I. The zero-order valence-corrected chi connectivity index (χ0v) is 17.0. The number of halogens is 1. The minimum atomic E-state index is 0. The van der Waals surface area contributed by atoms with E-state index in [2.05, 4.69) is 25.7 Å². The molecule has 0 bridgehead atoms. The van der Waals surface area contributed by atoms with Gasteiger partial charge in [0.2, 0.25) is 0 Å². The fourth-order valence-electron chi connectivity index (χ4n) is 3.06. The van der Waals surface area contributed by atoms with E-state index in [4.69, 9.17) is 4.74 Å². The molecule has 1 unspecified atom stereocenters. The second-order valence-corrected chi connectivity index (χ2v) is 6.52. The Morgan fingerprint density at radius 3 is 2.92 bits per heavy atom. The minimum absolute atomic E-state index is 0.